The van der Waals surface area contributed by atoms with Crippen molar-refractivity contribution < 1.29 is 4.74 Å². The maximum atomic E-state index is 5.42. The quantitative estimate of drug-likeness (QED) is 0.744. The highest BCUT2D eigenvalue weighted by atomic mass is 79.9. The summed E-state index contributed by atoms with van der Waals surface area (Å²) in [4.78, 5) is 2.44. The number of methoxy groups -OCH3 is 1. The van der Waals surface area contributed by atoms with Gasteiger partial charge < -0.3 is 4.74 Å². The van der Waals surface area contributed by atoms with Gasteiger partial charge in [-0.25, -0.2) is 0 Å². The molecule has 17 heavy (non-hydrogen) atoms. The molecule has 0 radical (unpaired) electrons. The maximum absolute atomic E-state index is 5.42. The standard InChI is InChI=1S/C14H22BrNO/c1-11(2)16(8-7-15)10-13-9-12(3)5-6-14(13)17-4/h5-6,9,11H,7-8,10H2,1-4H3. The molecule has 1 aromatic carbocycles. The SMILES string of the molecule is COc1ccc(C)cc1CN(CCBr)C(C)C. The number of ether oxygens (including phenoxy) is 1. The lowest BCUT2D eigenvalue weighted by molar-refractivity contribution is 0.224. The number of aryl methyl sites for hydroxylation is 1. The van der Waals surface area contributed by atoms with Crippen LogP contribution in [0.3, 0.4) is 0 Å². The Morgan fingerprint density at radius 3 is 2.59 bits per heavy atom. The van der Waals surface area contributed by atoms with Gasteiger partial charge in [-0.05, 0) is 26.8 Å². The Balaban J connectivity index is 2.87. The molecular formula is C14H22BrNO. The molecule has 0 unspecified atom stereocenters. The van der Waals surface area contributed by atoms with E-state index in [0.717, 1.165) is 24.2 Å². The first-order valence-corrected chi connectivity index (χ1v) is 7.14. The second kappa shape index (κ2) is 7.02. The van der Waals surface area contributed by atoms with Crippen molar-refractivity contribution >= 4 is 15.9 Å². The summed E-state index contributed by atoms with van der Waals surface area (Å²) in [6.07, 6.45) is 0. The number of hydrogen-bond donors (Lipinski definition) is 0. The van der Waals surface area contributed by atoms with Gasteiger partial charge in [-0.1, -0.05) is 33.6 Å². The number of halogens is 1. The van der Waals surface area contributed by atoms with Crippen molar-refractivity contribution in [1.29, 1.82) is 0 Å². The maximum Gasteiger partial charge on any atom is 0.123 e. The van der Waals surface area contributed by atoms with Gasteiger partial charge in [-0.15, -0.1) is 0 Å². The highest BCUT2D eigenvalue weighted by molar-refractivity contribution is 9.09. The monoisotopic (exact) mass is 299 g/mol. The predicted octanol–water partition coefficient (Wildman–Crippen LogP) is 3.61. The van der Waals surface area contributed by atoms with Crippen LogP contribution in [-0.4, -0.2) is 29.9 Å². The number of hydrogen-bond acceptors (Lipinski definition) is 2. The topological polar surface area (TPSA) is 12.5 Å². The van der Waals surface area contributed by atoms with Crippen molar-refractivity contribution in [3.05, 3.63) is 29.3 Å². The lowest BCUT2D eigenvalue weighted by Gasteiger charge is -2.26. The van der Waals surface area contributed by atoms with Gasteiger partial charge in [-0.3, -0.25) is 4.90 Å². The van der Waals surface area contributed by atoms with E-state index in [0.29, 0.717) is 6.04 Å². The first-order valence-electron chi connectivity index (χ1n) is 6.02. The Labute approximate surface area is 113 Å². The van der Waals surface area contributed by atoms with E-state index in [1.807, 2.05) is 0 Å². The molecule has 0 aliphatic rings. The molecule has 1 aromatic rings. The van der Waals surface area contributed by atoms with Crippen molar-refractivity contribution in [3.8, 4) is 5.75 Å². The van der Waals surface area contributed by atoms with Crippen LogP contribution in [0.1, 0.15) is 25.0 Å². The van der Waals surface area contributed by atoms with Gasteiger partial charge in [0.2, 0.25) is 0 Å². The Bertz CT molecular complexity index is 352. The Morgan fingerprint density at radius 1 is 1.35 bits per heavy atom. The molecule has 0 N–H and O–H groups in total. The molecule has 2 nitrogen and oxygen atoms in total. The molecule has 0 saturated heterocycles. The van der Waals surface area contributed by atoms with E-state index in [2.05, 4.69) is 59.8 Å². The number of benzene rings is 1. The number of alkyl halides is 1. The molecule has 96 valence electrons. The van der Waals surface area contributed by atoms with E-state index in [1.165, 1.54) is 11.1 Å². The van der Waals surface area contributed by atoms with Crippen molar-refractivity contribution in [2.75, 3.05) is 19.0 Å². The lowest BCUT2D eigenvalue weighted by Crippen LogP contribution is -2.32. The lowest BCUT2D eigenvalue weighted by atomic mass is 10.1. The van der Waals surface area contributed by atoms with Gasteiger partial charge in [-0.2, -0.15) is 0 Å². The zero-order valence-corrected chi connectivity index (χ0v) is 12.8. The van der Waals surface area contributed by atoms with Crippen molar-refractivity contribution in [3.63, 3.8) is 0 Å². The number of nitrogens with zero attached hydrogens (tertiary/aromatic N) is 1. The summed E-state index contributed by atoms with van der Waals surface area (Å²) in [5.41, 5.74) is 2.55. The van der Waals surface area contributed by atoms with Crippen LogP contribution in [0.4, 0.5) is 0 Å². The highest BCUT2D eigenvalue weighted by Gasteiger charge is 2.12. The molecule has 0 aromatic heterocycles. The van der Waals surface area contributed by atoms with Gasteiger partial charge in [0.15, 0.2) is 0 Å². The summed E-state index contributed by atoms with van der Waals surface area (Å²) in [5, 5.41) is 0.999. The Morgan fingerprint density at radius 2 is 2.06 bits per heavy atom. The fourth-order valence-electron chi connectivity index (χ4n) is 1.88. The minimum absolute atomic E-state index is 0.540. The van der Waals surface area contributed by atoms with Gasteiger partial charge in [0.25, 0.3) is 0 Å². The third-order valence-electron chi connectivity index (χ3n) is 2.91. The second-order valence-corrected chi connectivity index (χ2v) is 5.36. The van der Waals surface area contributed by atoms with Crippen LogP contribution in [0, 0.1) is 6.92 Å². The smallest absolute Gasteiger partial charge is 0.123 e. The zero-order valence-electron chi connectivity index (χ0n) is 11.2. The molecule has 0 fully saturated rings. The first-order chi connectivity index (χ1) is 8.08. The molecule has 0 saturated carbocycles. The number of rotatable bonds is 6. The fraction of sp³-hybridized carbons (Fsp3) is 0.571. The van der Waals surface area contributed by atoms with E-state index in [9.17, 15) is 0 Å². The average molecular weight is 300 g/mol. The van der Waals surface area contributed by atoms with E-state index >= 15 is 0 Å². The summed E-state index contributed by atoms with van der Waals surface area (Å²) >= 11 is 3.51. The Hall–Kier alpha value is -0.540. The van der Waals surface area contributed by atoms with Crippen LogP contribution in [0.15, 0.2) is 18.2 Å². The van der Waals surface area contributed by atoms with Crippen LogP contribution in [-0.2, 0) is 6.54 Å². The summed E-state index contributed by atoms with van der Waals surface area (Å²) < 4.78 is 5.42. The van der Waals surface area contributed by atoms with Crippen LogP contribution in [0.2, 0.25) is 0 Å². The molecule has 0 aliphatic carbocycles. The molecule has 3 heteroatoms. The largest absolute Gasteiger partial charge is 0.496 e. The molecule has 0 atom stereocenters. The highest BCUT2D eigenvalue weighted by Crippen LogP contribution is 2.22. The second-order valence-electron chi connectivity index (χ2n) is 4.57. The molecule has 0 spiro atoms. The van der Waals surface area contributed by atoms with Crippen LogP contribution < -0.4 is 4.74 Å². The Kier molecular flexibility index (Phi) is 6.00. The first kappa shape index (κ1) is 14.5. The molecule has 0 heterocycles. The van der Waals surface area contributed by atoms with Crippen molar-refractivity contribution in [2.24, 2.45) is 0 Å². The van der Waals surface area contributed by atoms with E-state index in [-0.39, 0.29) is 0 Å². The van der Waals surface area contributed by atoms with Crippen LogP contribution in [0.5, 0.6) is 5.75 Å². The third-order valence-corrected chi connectivity index (χ3v) is 3.27. The molecule has 0 amide bonds. The molecule has 0 aliphatic heterocycles. The normalized spacial score (nSPS) is 11.2. The average Bonchev–Trinajstić information content (AvgIpc) is 2.28. The molecule has 0 bridgehead atoms. The summed E-state index contributed by atoms with van der Waals surface area (Å²) in [7, 11) is 1.73. The van der Waals surface area contributed by atoms with E-state index in [4.69, 9.17) is 4.74 Å². The molecule has 1 rings (SSSR count). The summed E-state index contributed by atoms with van der Waals surface area (Å²) in [6.45, 7) is 8.56. The van der Waals surface area contributed by atoms with Crippen LogP contribution in [0.25, 0.3) is 0 Å². The minimum Gasteiger partial charge on any atom is -0.496 e. The summed E-state index contributed by atoms with van der Waals surface area (Å²) in [5.74, 6) is 0.982. The van der Waals surface area contributed by atoms with Gasteiger partial charge in [0, 0.05) is 30.0 Å². The van der Waals surface area contributed by atoms with Gasteiger partial charge in [0.1, 0.15) is 5.75 Å². The third kappa shape index (κ3) is 4.32. The molecular weight excluding hydrogens is 278 g/mol. The van der Waals surface area contributed by atoms with Gasteiger partial charge >= 0.3 is 0 Å². The van der Waals surface area contributed by atoms with Crippen molar-refractivity contribution in [1.82, 2.24) is 4.90 Å². The summed E-state index contributed by atoms with van der Waals surface area (Å²) in [6, 6.07) is 6.89. The van der Waals surface area contributed by atoms with Crippen molar-refractivity contribution in [2.45, 2.75) is 33.4 Å². The zero-order chi connectivity index (χ0) is 12.8. The fourth-order valence-corrected chi connectivity index (χ4v) is 2.33. The minimum atomic E-state index is 0.540. The van der Waals surface area contributed by atoms with E-state index < -0.39 is 0 Å². The van der Waals surface area contributed by atoms with E-state index in [1.54, 1.807) is 7.11 Å². The van der Waals surface area contributed by atoms with Gasteiger partial charge in [0.05, 0.1) is 7.11 Å². The van der Waals surface area contributed by atoms with Crippen LogP contribution >= 0.6 is 15.9 Å². The predicted molar refractivity (Wildman–Crippen MR) is 77.1 cm³/mol.